The van der Waals surface area contributed by atoms with Crippen LogP contribution in [0.1, 0.15) is 22.5 Å². The molecule has 1 aliphatic heterocycles. The molecule has 2 aromatic rings. The Hall–Kier alpha value is -1.95. The summed E-state index contributed by atoms with van der Waals surface area (Å²) in [7, 11) is 0. The lowest BCUT2D eigenvalue weighted by Crippen LogP contribution is -2.41. The minimum atomic E-state index is 0.110. The summed E-state index contributed by atoms with van der Waals surface area (Å²) in [6, 6.07) is 7.38. The lowest BCUT2D eigenvalue weighted by atomic mass is 10.1. The predicted molar refractivity (Wildman–Crippen MR) is 75.9 cm³/mol. The number of rotatable bonds is 3. The van der Waals surface area contributed by atoms with Crippen LogP contribution >= 0.6 is 11.3 Å². The first-order valence-electron chi connectivity index (χ1n) is 6.60. The van der Waals surface area contributed by atoms with Crippen molar-refractivity contribution in [3.8, 4) is 5.88 Å². The van der Waals surface area contributed by atoms with Gasteiger partial charge in [0.2, 0.25) is 5.88 Å². The molecule has 1 amide bonds. The number of amides is 1. The van der Waals surface area contributed by atoms with E-state index in [0.717, 1.165) is 30.8 Å². The lowest BCUT2D eigenvalue weighted by Gasteiger charge is -2.31. The molecule has 0 aromatic carbocycles. The predicted octanol–water partition coefficient (Wildman–Crippen LogP) is 2.22. The zero-order valence-electron chi connectivity index (χ0n) is 10.9. The number of likely N-dealkylation sites (tertiary alicyclic amines) is 1. The van der Waals surface area contributed by atoms with Gasteiger partial charge in [-0.15, -0.1) is 16.4 Å². The topological polar surface area (TPSA) is 55.3 Å². The fraction of sp³-hybridized carbons (Fsp3) is 0.357. The number of ether oxygens (including phenoxy) is 1. The van der Waals surface area contributed by atoms with Gasteiger partial charge >= 0.3 is 0 Å². The highest BCUT2D eigenvalue weighted by molar-refractivity contribution is 7.12. The van der Waals surface area contributed by atoms with Gasteiger partial charge in [0.05, 0.1) is 4.88 Å². The van der Waals surface area contributed by atoms with E-state index in [-0.39, 0.29) is 12.0 Å². The molecule has 0 atom stereocenters. The van der Waals surface area contributed by atoms with Crippen molar-refractivity contribution in [3.63, 3.8) is 0 Å². The Morgan fingerprint density at radius 2 is 2.15 bits per heavy atom. The van der Waals surface area contributed by atoms with Gasteiger partial charge in [0.25, 0.3) is 5.91 Å². The molecule has 3 heterocycles. The Kier molecular flexibility index (Phi) is 3.92. The Morgan fingerprint density at radius 1 is 1.30 bits per heavy atom. The highest BCUT2D eigenvalue weighted by Crippen LogP contribution is 2.19. The Balaban J connectivity index is 1.53. The van der Waals surface area contributed by atoms with Crippen LogP contribution in [0.4, 0.5) is 0 Å². The van der Waals surface area contributed by atoms with Gasteiger partial charge in [0, 0.05) is 38.2 Å². The zero-order valence-corrected chi connectivity index (χ0v) is 11.8. The maximum Gasteiger partial charge on any atom is 0.263 e. The van der Waals surface area contributed by atoms with Crippen LogP contribution in [0.2, 0.25) is 0 Å². The molecule has 1 aliphatic rings. The van der Waals surface area contributed by atoms with Crippen LogP contribution in [0.5, 0.6) is 5.88 Å². The van der Waals surface area contributed by atoms with E-state index in [1.54, 1.807) is 18.3 Å². The van der Waals surface area contributed by atoms with E-state index in [0.29, 0.717) is 5.88 Å². The van der Waals surface area contributed by atoms with Crippen molar-refractivity contribution in [1.82, 2.24) is 15.1 Å². The molecule has 0 unspecified atom stereocenters. The molecule has 0 bridgehead atoms. The SMILES string of the molecule is O=C(c1cccs1)N1CCC(Oc2cccnn2)CC1. The largest absolute Gasteiger partial charge is 0.473 e. The summed E-state index contributed by atoms with van der Waals surface area (Å²) in [4.78, 5) is 14.9. The van der Waals surface area contributed by atoms with Crippen LogP contribution < -0.4 is 4.74 Å². The Morgan fingerprint density at radius 3 is 2.80 bits per heavy atom. The molecule has 0 N–H and O–H groups in total. The van der Waals surface area contributed by atoms with Gasteiger partial charge in [-0.3, -0.25) is 4.79 Å². The van der Waals surface area contributed by atoms with Crippen LogP contribution in [-0.4, -0.2) is 40.2 Å². The van der Waals surface area contributed by atoms with Gasteiger partial charge in [-0.25, -0.2) is 0 Å². The minimum Gasteiger partial charge on any atom is -0.473 e. The van der Waals surface area contributed by atoms with E-state index in [2.05, 4.69) is 10.2 Å². The maximum atomic E-state index is 12.2. The molecule has 104 valence electrons. The number of hydrogen-bond acceptors (Lipinski definition) is 5. The van der Waals surface area contributed by atoms with Crippen molar-refractivity contribution in [2.75, 3.05) is 13.1 Å². The molecule has 0 saturated carbocycles. The van der Waals surface area contributed by atoms with Crippen LogP contribution in [0.3, 0.4) is 0 Å². The number of nitrogens with zero attached hydrogens (tertiary/aromatic N) is 3. The molecule has 0 aliphatic carbocycles. The molecule has 5 nitrogen and oxygen atoms in total. The normalized spacial score (nSPS) is 16.1. The number of carbonyl (C=O) groups excluding carboxylic acids is 1. The summed E-state index contributed by atoms with van der Waals surface area (Å²) in [5.41, 5.74) is 0. The highest BCUT2D eigenvalue weighted by atomic mass is 32.1. The quantitative estimate of drug-likeness (QED) is 0.869. The van der Waals surface area contributed by atoms with Crippen molar-refractivity contribution in [2.24, 2.45) is 0 Å². The van der Waals surface area contributed by atoms with E-state index in [9.17, 15) is 4.79 Å². The molecular weight excluding hydrogens is 274 g/mol. The summed E-state index contributed by atoms with van der Waals surface area (Å²) in [5.74, 6) is 0.675. The van der Waals surface area contributed by atoms with Crippen LogP contribution in [0, 0.1) is 0 Å². The fourth-order valence-electron chi connectivity index (χ4n) is 2.25. The molecule has 3 rings (SSSR count). The monoisotopic (exact) mass is 289 g/mol. The molecule has 0 radical (unpaired) electrons. The second-order valence-electron chi connectivity index (χ2n) is 4.65. The summed E-state index contributed by atoms with van der Waals surface area (Å²) in [6.45, 7) is 1.45. The molecule has 1 saturated heterocycles. The fourth-order valence-corrected chi connectivity index (χ4v) is 2.94. The maximum absolute atomic E-state index is 12.2. The van der Waals surface area contributed by atoms with Crippen molar-refractivity contribution in [1.29, 1.82) is 0 Å². The second kappa shape index (κ2) is 6.00. The van der Waals surface area contributed by atoms with Gasteiger partial charge < -0.3 is 9.64 Å². The van der Waals surface area contributed by atoms with E-state index in [1.165, 1.54) is 11.3 Å². The zero-order chi connectivity index (χ0) is 13.8. The van der Waals surface area contributed by atoms with Gasteiger partial charge in [-0.2, -0.15) is 5.10 Å². The minimum absolute atomic E-state index is 0.110. The molecule has 20 heavy (non-hydrogen) atoms. The third kappa shape index (κ3) is 2.96. The lowest BCUT2D eigenvalue weighted by molar-refractivity contribution is 0.0590. The molecule has 0 spiro atoms. The van der Waals surface area contributed by atoms with E-state index in [1.807, 2.05) is 22.4 Å². The van der Waals surface area contributed by atoms with E-state index >= 15 is 0 Å². The first-order chi connectivity index (χ1) is 9.83. The van der Waals surface area contributed by atoms with Gasteiger partial charge in [-0.1, -0.05) is 6.07 Å². The van der Waals surface area contributed by atoms with Gasteiger partial charge in [0.15, 0.2) is 0 Å². The van der Waals surface area contributed by atoms with Crippen molar-refractivity contribution in [3.05, 3.63) is 40.7 Å². The average Bonchev–Trinajstić information content (AvgIpc) is 3.03. The number of carbonyl (C=O) groups is 1. The Bertz CT molecular complexity index is 551. The number of piperidine rings is 1. The summed E-state index contributed by atoms with van der Waals surface area (Å²) in [6.07, 6.45) is 3.38. The van der Waals surface area contributed by atoms with Crippen molar-refractivity contribution >= 4 is 17.2 Å². The van der Waals surface area contributed by atoms with Crippen LogP contribution in [0.15, 0.2) is 35.8 Å². The molecular formula is C14H15N3O2S. The first-order valence-corrected chi connectivity index (χ1v) is 7.48. The molecule has 1 fully saturated rings. The van der Waals surface area contributed by atoms with Gasteiger partial charge in [-0.05, 0) is 17.5 Å². The van der Waals surface area contributed by atoms with Gasteiger partial charge in [0.1, 0.15) is 6.10 Å². The standard InChI is InChI=1S/C14H15N3O2S/c18-14(12-3-2-10-20-12)17-8-5-11(6-9-17)19-13-4-1-7-15-16-13/h1-4,7,10-11H,5-6,8-9H2. The van der Waals surface area contributed by atoms with Crippen LogP contribution in [0.25, 0.3) is 0 Å². The van der Waals surface area contributed by atoms with E-state index in [4.69, 9.17) is 4.74 Å². The summed E-state index contributed by atoms with van der Waals surface area (Å²) < 4.78 is 5.77. The third-order valence-corrected chi connectivity index (χ3v) is 4.15. The van der Waals surface area contributed by atoms with Crippen molar-refractivity contribution < 1.29 is 9.53 Å². The molecule has 2 aromatic heterocycles. The van der Waals surface area contributed by atoms with E-state index < -0.39 is 0 Å². The smallest absolute Gasteiger partial charge is 0.263 e. The molecule has 6 heteroatoms. The number of aromatic nitrogens is 2. The van der Waals surface area contributed by atoms with Crippen LogP contribution in [-0.2, 0) is 0 Å². The third-order valence-electron chi connectivity index (χ3n) is 3.30. The second-order valence-corrected chi connectivity index (χ2v) is 5.60. The number of hydrogen-bond donors (Lipinski definition) is 0. The number of thiophene rings is 1. The summed E-state index contributed by atoms with van der Waals surface area (Å²) in [5, 5.41) is 9.63. The Labute approximate surface area is 121 Å². The van der Waals surface area contributed by atoms with Crippen molar-refractivity contribution in [2.45, 2.75) is 18.9 Å². The highest BCUT2D eigenvalue weighted by Gasteiger charge is 2.25. The average molecular weight is 289 g/mol. The summed E-state index contributed by atoms with van der Waals surface area (Å²) >= 11 is 1.49. The first kappa shape index (κ1) is 13.1.